The van der Waals surface area contributed by atoms with Crippen LogP contribution in [0.15, 0.2) is 233 Å². The van der Waals surface area contributed by atoms with Crippen LogP contribution in [0.4, 0.5) is 0 Å². The van der Waals surface area contributed by atoms with E-state index in [1.807, 2.05) is 153 Å². The van der Waals surface area contributed by atoms with Crippen molar-refractivity contribution in [2.45, 2.75) is 58.9 Å². The summed E-state index contributed by atoms with van der Waals surface area (Å²) in [7, 11) is -9.73. The molecule has 0 saturated carbocycles. The molecule has 100 heavy (non-hydrogen) atoms. The number of cyclic esters (lactones) is 1. The molecule has 0 aromatic heterocycles. The number of aliphatic carboxylic acids is 1. The first-order valence-corrected chi connectivity index (χ1v) is 46.9. The summed E-state index contributed by atoms with van der Waals surface area (Å²) in [6.45, 7) is 1.39. The number of benzene rings is 8. The second-order valence-electron chi connectivity index (χ2n) is 20.7. The molecular formula is C72H72Br4O16S8. The standard InChI is InChI=1S/C18H18O5S2.C18H16O4S2.C9H9BrO3S.C9H9BrOS.C9H10O2S.C9H10OS.Br2/c1-24-15-7-3-13(4-8-15)11-18(20)23-12-17(19)14-5-9-16(10-6-14)25(2,21)22;1-23-14-7-3-13(4-8-14)17-16(11-22-18(17)19)12-5-9-15(10-6-12)24(2,20)21;1-14(12,13)8-4-2-7(3-5-8)9(11)6-10;1-12-8-4-2-7(3-5-8)9(11)6-10;1-12-8-4-2-7(3-5-8)6-9(10)11;1-7(10)8-3-5-9(11-2)6-4-8;1-2/h3-10H,11-12H2,1-2H3;3-10H,11H2,1-2H3;2-5H,6H2,1H3;2-5H,6H2,1H3;2-5H,6H2,1H3,(H,10,11);3-6H,1-2H3;. The van der Waals surface area contributed by atoms with E-state index in [2.05, 4.69) is 60.1 Å². The summed E-state index contributed by atoms with van der Waals surface area (Å²) in [5.41, 5.74) is 6.92. The molecule has 0 fully saturated rings. The number of hydrogen-bond acceptors (Lipinski definition) is 20. The van der Waals surface area contributed by atoms with E-state index in [9.17, 15) is 58.8 Å². The summed E-state index contributed by atoms with van der Waals surface area (Å²) in [4.78, 5) is 85.9. The summed E-state index contributed by atoms with van der Waals surface area (Å²) in [6.07, 6.45) is 13.6. The Morgan fingerprint density at radius 2 is 0.720 bits per heavy atom. The van der Waals surface area contributed by atoms with Gasteiger partial charge < -0.3 is 14.6 Å². The molecule has 0 amide bonds. The Kier molecular flexibility index (Phi) is 40.0. The molecule has 1 N–H and O–H groups in total. The van der Waals surface area contributed by atoms with Gasteiger partial charge in [-0.3, -0.25) is 28.8 Å². The molecule has 8 aromatic rings. The molecule has 532 valence electrons. The quantitative estimate of drug-likeness (QED) is 0.0286. The first-order chi connectivity index (χ1) is 47.4. The molecule has 1 aliphatic heterocycles. The maximum absolute atomic E-state index is 12.2. The lowest BCUT2D eigenvalue weighted by atomic mass is 9.97. The Morgan fingerprint density at radius 3 is 1.04 bits per heavy atom. The number of carbonyl (C=O) groups excluding carboxylic acids is 6. The highest BCUT2D eigenvalue weighted by atomic mass is 80.9. The monoisotopic (exact) mass is 1760 g/mol. The lowest BCUT2D eigenvalue weighted by molar-refractivity contribution is -0.141. The van der Waals surface area contributed by atoms with Gasteiger partial charge in [-0.1, -0.05) is 117 Å². The maximum atomic E-state index is 12.2. The second kappa shape index (κ2) is 45.3. The highest BCUT2D eigenvalue weighted by molar-refractivity contribution is 9.93. The van der Waals surface area contributed by atoms with Gasteiger partial charge in [-0.15, -0.1) is 58.8 Å². The molecule has 8 aromatic carbocycles. The minimum atomic E-state index is -3.31. The van der Waals surface area contributed by atoms with E-state index < -0.39 is 41.5 Å². The number of sulfone groups is 3. The molecule has 0 spiro atoms. The Labute approximate surface area is 639 Å². The molecule has 0 aliphatic carbocycles. The van der Waals surface area contributed by atoms with Crippen molar-refractivity contribution in [3.8, 4) is 0 Å². The number of thioether (sulfide) groups is 5. The topological polar surface area (TPSA) is 261 Å². The van der Waals surface area contributed by atoms with Crippen LogP contribution < -0.4 is 0 Å². The van der Waals surface area contributed by atoms with E-state index in [4.69, 9.17) is 14.6 Å². The summed E-state index contributed by atoms with van der Waals surface area (Å²) in [5, 5.41) is 9.12. The van der Waals surface area contributed by atoms with E-state index in [-0.39, 0.29) is 75.2 Å². The average Bonchev–Trinajstić information content (AvgIpc) is 1.64. The number of ether oxygens (including phenoxy) is 2. The van der Waals surface area contributed by atoms with Crippen molar-refractivity contribution >= 4 is 201 Å². The number of hydrogen-bond donors (Lipinski definition) is 1. The SMILES string of the molecule is BrBr.CS(=O)(=O)c1ccc(C(=O)CBr)cc1.CSc1ccc(C(=O)CBr)cc1.CSc1ccc(C(C)=O)cc1.CSc1ccc(C2=C(c3ccc(S(C)(=O)=O)cc3)COC2=O)cc1.CSc1ccc(CC(=O)O)cc1.CSc1ccc(CC(=O)OCC(=O)c2ccc(S(C)(=O)=O)cc2)cc1. The Bertz CT molecular complexity index is 4390. The normalized spacial score (nSPS) is 11.4. The molecule has 0 radical (unpaired) electrons. The molecule has 0 unspecified atom stereocenters. The first kappa shape index (κ1) is 88.3. The van der Waals surface area contributed by atoms with Crippen LogP contribution in [0.1, 0.15) is 70.6 Å². The fourth-order valence-electron chi connectivity index (χ4n) is 8.23. The van der Waals surface area contributed by atoms with Crippen LogP contribution in [-0.4, -0.2) is 145 Å². The average molecular weight is 1770 g/mol. The van der Waals surface area contributed by atoms with Gasteiger partial charge in [-0.2, -0.15) is 0 Å². The largest absolute Gasteiger partial charge is 0.481 e. The third-order valence-electron chi connectivity index (χ3n) is 13.6. The van der Waals surface area contributed by atoms with Gasteiger partial charge >= 0.3 is 17.9 Å². The molecule has 0 saturated heterocycles. The highest BCUT2D eigenvalue weighted by Gasteiger charge is 2.27. The molecule has 28 heteroatoms. The fraction of sp³-hybridized carbons (Fsp3) is 0.208. The zero-order valence-electron chi connectivity index (χ0n) is 55.6. The third kappa shape index (κ3) is 31.4. The number of carboxylic acids is 1. The third-order valence-corrected chi connectivity index (χ3v) is 21.7. The van der Waals surface area contributed by atoms with Gasteiger partial charge in [-0.05, 0) is 170 Å². The molecule has 0 atom stereocenters. The minimum absolute atomic E-state index is 0.0648. The predicted octanol–water partition coefficient (Wildman–Crippen LogP) is 17.1. The van der Waals surface area contributed by atoms with Crippen molar-refractivity contribution in [1.82, 2.24) is 0 Å². The number of esters is 2. The van der Waals surface area contributed by atoms with Crippen LogP contribution in [0.25, 0.3) is 11.1 Å². The van der Waals surface area contributed by atoms with E-state index in [0.29, 0.717) is 22.0 Å². The van der Waals surface area contributed by atoms with Gasteiger partial charge in [0.2, 0.25) is 0 Å². The number of Topliss-reactive ketones (excluding diaryl/α,β-unsaturated/α-hetero) is 4. The molecule has 9 rings (SSSR count). The Balaban J connectivity index is 0.000000321. The second-order valence-corrected chi connectivity index (χ2v) is 32.3. The number of alkyl halides is 2. The Morgan fingerprint density at radius 1 is 0.430 bits per heavy atom. The van der Waals surface area contributed by atoms with Crippen molar-refractivity contribution in [2.75, 3.05) is 73.9 Å². The Hall–Kier alpha value is -5.89. The molecule has 1 aliphatic rings. The summed E-state index contributed by atoms with van der Waals surface area (Å²) in [5.74, 6) is -1.82. The van der Waals surface area contributed by atoms with Crippen molar-refractivity contribution in [1.29, 1.82) is 0 Å². The van der Waals surface area contributed by atoms with Crippen molar-refractivity contribution in [2.24, 2.45) is 0 Å². The summed E-state index contributed by atoms with van der Waals surface area (Å²) >= 11 is 19.9. The smallest absolute Gasteiger partial charge is 0.339 e. The van der Waals surface area contributed by atoms with Crippen LogP contribution in [0.5, 0.6) is 0 Å². The van der Waals surface area contributed by atoms with Gasteiger partial charge in [0, 0.05) is 99.3 Å². The zero-order valence-corrected chi connectivity index (χ0v) is 68.4. The van der Waals surface area contributed by atoms with E-state index in [1.165, 1.54) is 64.6 Å². The molecule has 1 heterocycles. The lowest BCUT2D eigenvalue weighted by Crippen LogP contribution is -2.15. The number of rotatable bonds is 22. The van der Waals surface area contributed by atoms with E-state index >= 15 is 0 Å². The molecule has 0 bridgehead atoms. The highest BCUT2D eigenvalue weighted by Crippen LogP contribution is 2.34. The fourth-order valence-corrected chi connectivity index (χ4v) is 12.8. The number of carbonyl (C=O) groups is 7. The van der Waals surface area contributed by atoms with Crippen LogP contribution in [0, 0.1) is 0 Å². The minimum Gasteiger partial charge on any atom is -0.481 e. The van der Waals surface area contributed by atoms with E-state index in [0.717, 1.165) is 66.2 Å². The van der Waals surface area contributed by atoms with Crippen LogP contribution in [0.2, 0.25) is 0 Å². The lowest BCUT2D eigenvalue weighted by Gasteiger charge is -2.06. The van der Waals surface area contributed by atoms with E-state index in [1.54, 1.807) is 90.0 Å². The van der Waals surface area contributed by atoms with Crippen molar-refractivity contribution in [3.63, 3.8) is 0 Å². The van der Waals surface area contributed by atoms with Crippen LogP contribution >= 0.6 is 119 Å². The zero-order chi connectivity index (χ0) is 74.8. The van der Waals surface area contributed by atoms with Crippen molar-refractivity contribution in [3.05, 3.63) is 239 Å². The predicted molar refractivity (Wildman–Crippen MR) is 422 cm³/mol. The van der Waals surface area contributed by atoms with Gasteiger partial charge in [0.1, 0.15) is 6.61 Å². The number of carboxylic acid groups (broad SMARTS) is 1. The molecule has 16 nitrogen and oxygen atoms in total. The van der Waals surface area contributed by atoms with Gasteiger partial charge in [0.25, 0.3) is 0 Å². The first-order valence-electron chi connectivity index (χ1n) is 29.1. The number of halogens is 4. The summed E-state index contributed by atoms with van der Waals surface area (Å²) in [6, 6.07) is 56.0. The van der Waals surface area contributed by atoms with Crippen LogP contribution in [-0.2, 0) is 66.2 Å². The van der Waals surface area contributed by atoms with Gasteiger partial charge in [0.15, 0.2) is 59.3 Å². The number of ketones is 4. The maximum Gasteiger partial charge on any atom is 0.339 e. The van der Waals surface area contributed by atoms with Gasteiger partial charge in [0.05, 0.1) is 43.8 Å². The van der Waals surface area contributed by atoms with Crippen molar-refractivity contribution < 1.29 is 73.4 Å². The van der Waals surface area contributed by atoms with Crippen LogP contribution in [0.3, 0.4) is 0 Å². The van der Waals surface area contributed by atoms with Gasteiger partial charge in [-0.25, -0.2) is 30.0 Å². The summed E-state index contributed by atoms with van der Waals surface area (Å²) < 4.78 is 78.3. The molecular weight excluding hydrogens is 1700 g/mol.